The summed E-state index contributed by atoms with van der Waals surface area (Å²) in [6.07, 6.45) is 2.75. The summed E-state index contributed by atoms with van der Waals surface area (Å²) in [5.74, 6) is 0.973. The molecule has 104 valence electrons. The van der Waals surface area contributed by atoms with Crippen LogP contribution in [0.5, 0.6) is 5.75 Å². The topological polar surface area (TPSA) is 38.5 Å². The molecule has 0 saturated heterocycles. The SMILES string of the molecule is CCC1(CC)CN(CCC(N)=S)c2ccccc2O1. The van der Waals surface area contributed by atoms with Crippen molar-refractivity contribution in [3.05, 3.63) is 24.3 Å². The molecule has 0 aromatic heterocycles. The van der Waals surface area contributed by atoms with E-state index >= 15 is 0 Å². The van der Waals surface area contributed by atoms with Crippen LogP contribution in [-0.4, -0.2) is 23.7 Å². The molecule has 2 N–H and O–H groups in total. The molecule has 0 radical (unpaired) electrons. The third-order valence-electron chi connectivity index (χ3n) is 3.93. The molecule has 1 aromatic rings. The van der Waals surface area contributed by atoms with Crippen molar-refractivity contribution in [3.63, 3.8) is 0 Å². The van der Waals surface area contributed by atoms with E-state index in [1.54, 1.807) is 0 Å². The minimum Gasteiger partial charge on any atom is -0.483 e. The lowest BCUT2D eigenvalue weighted by Gasteiger charge is -2.44. The zero-order chi connectivity index (χ0) is 13.9. The molecule has 1 aliphatic heterocycles. The molecular formula is C15H22N2OS. The second-order valence-corrected chi connectivity index (χ2v) is 5.62. The lowest BCUT2D eigenvalue weighted by molar-refractivity contribution is 0.0576. The van der Waals surface area contributed by atoms with Gasteiger partial charge in [0.05, 0.1) is 17.2 Å². The number of hydrogen-bond donors (Lipinski definition) is 1. The fraction of sp³-hybridized carbons (Fsp3) is 0.533. The molecule has 1 aliphatic rings. The van der Waals surface area contributed by atoms with Crippen LogP contribution in [-0.2, 0) is 0 Å². The van der Waals surface area contributed by atoms with Crippen molar-refractivity contribution in [1.29, 1.82) is 0 Å². The van der Waals surface area contributed by atoms with Crippen molar-refractivity contribution in [2.45, 2.75) is 38.7 Å². The summed E-state index contributed by atoms with van der Waals surface area (Å²) in [5, 5.41) is 0. The third kappa shape index (κ3) is 3.00. The average Bonchev–Trinajstić information content (AvgIpc) is 2.44. The maximum absolute atomic E-state index is 6.25. The van der Waals surface area contributed by atoms with Gasteiger partial charge in [0.2, 0.25) is 0 Å². The van der Waals surface area contributed by atoms with E-state index in [4.69, 9.17) is 22.7 Å². The lowest BCUT2D eigenvalue weighted by atomic mass is 9.94. The van der Waals surface area contributed by atoms with Crippen LogP contribution in [0.2, 0.25) is 0 Å². The average molecular weight is 278 g/mol. The maximum Gasteiger partial charge on any atom is 0.143 e. The molecule has 1 aromatic carbocycles. The number of nitrogens with zero attached hydrogens (tertiary/aromatic N) is 1. The van der Waals surface area contributed by atoms with Gasteiger partial charge in [0.1, 0.15) is 11.4 Å². The maximum atomic E-state index is 6.25. The number of fused-ring (bicyclic) bond motifs is 1. The first-order valence-electron chi connectivity index (χ1n) is 6.91. The monoisotopic (exact) mass is 278 g/mol. The molecule has 4 heteroatoms. The predicted molar refractivity (Wildman–Crippen MR) is 84.0 cm³/mol. The summed E-state index contributed by atoms with van der Waals surface area (Å²) >= 11 is 5.00. The van der Waals surface area contributed by atoms with Crippen molar-refractivity contribution >= 4 is 22.9 Å². The summed E-state index contributed by atoms with van der Waals surface area (Å²) in [5.41, 5.74) is 6.69. The van der Waals surface area contributed by atoms with Gasteiger partial charge in [-0.3, -0.25) is 0 Å². The van der Waals surface area contributed by atoms with Gasteiger partial charge in [0, 0.05) is 13.0 Å². The van der Waals surface area contributed by atoms with Crippen molar-refractivity contribution in [2.75, 3.05) is 18.0 Å². The first-order chi connectivity index (χ1) is 9.10. The van der Waals surface area contributed by atoms with Crippen LogP contribution in [0.15, 0.2) is 24.3 Å². The van der Waals surface area contributed by atoms with Gasteiger partial charge in [0.15, 0.2) is 0 Å². The fourth-order valence-electron chi connectivity index (χ4n) is 2.57. The molecule has 0 fully saturated rings. The van der Waals surface area contributed by atoms with Crippen LogP contribution < -0.4 is 15.4 Å². The van der Waals surface area contributed by atoms with E-state index in [1.807, 2.05) is 18.2 Å². The molecule has 3 nitrogen and oxygen atoms in total. The van der Waals surface area contributed by atoms with Crippen LogP contribution in [0.4, 0.5) is 5.69 Å². The summed E-state index contributed by atoms with van der Waals surface area (Å²) in [6.45, 7) is 6.13. The normalized spacial score (nSPS) is 16.6. The standard InChI is InChI=1S/C15H22N2OS/c1-3-15(4-2)11-17(10-9-14(16)19)12-7-5-6-8-13(12)18-15/h5-8H,3-4,9-11H2,1-2H3,(H2,16,19). The van der Waals surface area contributed by atoms with Crippen LogP contribution in [0.25, 0.3) is 0 Å². The summed E-state index contributed by atoms with van der Waals surface area (Å²) in [7, 11) is 0. The van der Waals surface area contributed by atoms with Crippen molar-refractivity contribution in [2.24, 2.45) is 5.73 Å². The van der Waals surface area contributed by atoms with Gasteiger partial charge in [-0.25, -0.2) is 0 Å². The van der Waals surface area contributed by atoms with Crippen molar-refractivity contribution in [1.82, 2.24) is 0 Å². The van der Waals surface area contributed by atoms with Crippen LogP contribution in [0.1, 0.15) is 33.1 Å². The molecule has 0 spiro atoms. The number of nitrogens with two attached hydrogens (primary N) is 1. The lowest BCUT2D eigenvalue weighted by Crippen LogP contribution is -2.51. The Kier molecular flexibility index (Phi) is 4.30. The minimum atomic E-state index is -0.0927. The van der Waals surface area contributed by atoms with E-state index in [9.17, 15) is 0 Å². The molecule has 2 rings (SSSR count). The third-order valence-corrected chi connectivity index (χ3v) is 4.13. The van der Waals surface area contributed by atoms with E-state index in [0.29, 0.717) is 4.99 Å². The molecule has 1 heterocycles. The van der Waals surface area contributed by atoms with Gasteiger partial charge in [0.25, 0.3) is 0 Å². The van der Waals surface area contributed by atoms with Gasteiger partial charge < -0.3 is 15.4 Å². The molecule has 0 unspecified atom stereocenters. The fourth-order valence-corrected chi connectivity index (χ4v) is 2.66. The Labute approximate surface area is 120 Å². The van der Waals surface area contributed by atoms with Gasteiger partial charge in [-0.2, -0.15) is 0 Å². The van der Waals surface area contributed by atoms with Gasteiger partial charge in [-0.15, -0.1) is 0 Å². The highest BCUT2D eigenvalue weighted by molar-refractivity contribution is 7.80. The first kappa shape index (κ1) is 14.1. The Hall–Kier alpha value is -1.29. The highest BCUT2D eigenvalue weighted by Gasteiger charge is 2.36. The number of hydrogen-bond acceptors (Lipinski definition) is 3. The van der Waals surface area contributed by atoms with Crippen molar-refractivity contribution < 1.29 is 4.74 Å². The molecule has 0 bridgehead atoms. The zero-order valence-electron chi connectivity index (χ0n) is 11.7. The molecular weight excluding hydrogens is 256 g/mol. The van der Waals surface area contributed by atoms with Crippen LogP contribution in [0, 0.1) is 0 Å². The second-order valence-electron chi connectivity index (χ2n) is 5.10. The zero-order valence-corrected chi connectivity index (χ0v) is 12.5. The largest absolute Gasteiger partial charge is 0.483 e. The second kappa shape index (κ2) is 5.78. The molecule has 0 saturated carbocycles. The Morgan fingerprint density at radius 2 is 2.05 bits per heavy atom. The van der Waals surface area contributed by atoms with Gasteiger partial charge >= 0.3 is 0 Å². The highest BCUT2D eigenvalue weighted by Crippen LogP contribution is 2.39. The van der Waals surface area contributed by atoms with Crippen LogP contribution in [0.3, 0.4) is 0 Å². The number of ether oxygens (including phenoxy) is 1. The van der Waals surface area contributed by atoms with Gasteiger partial charge in [-0.05, 0) is 25.0 Å². The first-order valence-corrected chi connectivity index (χ1v) is 7.32. The number of para-hydroxylation sites is 2. The number of anilines is 1. The van der Waals surface area contributed by atoms with Gasteiger partial charge in [-0.1, -0.05) is 38.2 Å². The predicted octanol–water partition coefficient (Wildman–Crippen LogP) is 3.12. The van der Waals surface area contributed by atoms with E-state index < -0.39 is 0 Å². The number of benzene rings is 1. The summed E-state index contributed by atoms with van der Waals surface area (Å²) in [6, 6.07) is 8.21. The van der Waals surface area contributed by atoms with E-state index in [-0.39, 0.29) is 5.60 Å². The van der Waals surface area contributed by atoms with E-state index in [0.717, 1.165) is 43.8 Å². The van der Waals surface area contributed by atoms with E-state index in [2.05, 4.69) is 24.8 Å². The Balaban J connectivity index is 2.28. The molecule has 0 aliphatic carbocycles. The molecule has 0 atom stereocenters. The highest BCUT2D eigenvalue weighted by atomic mass is 32.1. The Morgan fingerprint density at radius 1 is 1.37 bits per heavy atom. The summed E-state index contributed by atoms with van der Waals surface area (Å²) < 4.78 is 6.25. The Morgan fingerprint density at radius 3 is 2.68 bits per heavy atom. The quantitative estimate of drug-likeness (QED) is 0.840. The van der Waals surface area contributed by atoms with E-state index in [1.165, 1.54) is 0 Å². The minimum absolute atomic E-state index is 0.0927. The van der Waals surface area contributed by atoms with Crippen molar-refractivity contribution in [3.8, 4) is 5.75 Å². The Bertz CT molecular complexity index is 457. The number of rotatable bonds is 5. The molecule has 19 heavy (non-hydrogen) atoms. The smallest absolute Gasteiger partial charge is 0.143 e. The summed E-state index contributed by atoms with van der Waals surface area (Å²) in [4.78, 5) is 2.92. The van der Waals surface area contributed by atoms with Crippen LogP contribution >= 0.6 is 12.2 Å². The number of thiocarbonyl (C=S) groups is 1. The molecule has 0 amide bonds.